The Morgan fingerprint density at radius 3 is 1.26 bits per heavy atom. The third-order valence-electron chi connectivity index (χ3n) is 10.7. The summed E-state index contributed by atoms with van der Waals surface area (Å²) in [6.07, 6.45) is 43.3. The lowest BCUT2D eigenvalue weighted by Crippen LogP contribution is -2.29. The molecule has 0 aromatic rings. The Morgan fingerprint density at radius 1 is 0.500 bits per heavy atom. The third-order valence-corrected chi connectivity index (χ3v) is 11.6. The fourth-order valence-electron chi connectivity index (χ4n) is 6.93. The summed E-state index contributed by atoms with van der Waals surface area (Å²) in [7, 11) is -4.62. The fraction of sp³-hybridized carbons (Fsp3) is 0.915. The van der Waals surface area contributed by atoms with Crippen LogP contribution in [0.1, 0.15) is 239 Å². The zero-order chi connectivity index (χ0) is 42.6. The maximum Gasteiger partial charge on any atom is 0.472 e. The highest BCUT2D eigenvalue weighted by molar-refractivity contribution is 7.47. The molecule has 0 heterocycles. The van der Waals surface area contributed by atoms with Gasteiger partial charge in [0.15, 0.2) is 6.10 Å². The number of allylic oxidation sites excluding steroid dienone is 2. The fourth-order valence-corrected chi connectivity index (χ4v) is 7.72. The molecule has 0 bridgehead atoms. The SMILES string of the molecule is CCCCCCCC/C=C/CCCCCC(=O)OC[C@H](COP(=O)(O)OC[C@@H](O)CO)OC(=O)CCCCCCCCCCCCCCCCCCCCCCCC. The van der Waals surface area contributed by atoms with Crippen LogP contribution >= 0.6 is 7.82 Å². The second kappa shape index (κ2) is 43.8. The van der Waals surface area contributed by atoms with E-state index < -0.39 is 51.8 Å². The van der Waals surface area contributed by atoms with E-state index in [4.69, 9.17) is 23.6 Å². The van der Waals surface area contributed by atoms with E-state index in [0.717, 1.165) is 44.9 Å². The molecule has 1 unspecified atom stereocenters. The van der Waals surface area contributed by atoms with E-state index in [-0.39, 0.29) is 19.4 Å². The molecule has 0 rings (SSSR count). The molecule has 0 spiro atoms. The number of carbonyl (C=O) groups is 2. The number of ether oxygens (including phenoxy) is 2. The van der Waals surface area contributed by atoms with Gasteiger partial charge in [0.25, 0.3) is 0 Å². The molecule has 0 amide bonds. The first-order valence-corrected chi connectivity index (χ1v) is 25.6. The van der Waals surface area contributed by atoms with E-state index in [1.165, 1.54) is 154 Å². The molecule has 0 fully saturated rings. The van der Waals surface area contributed by atoms with Gasteiger partial charge in [-0.3, -0.25) is 18.6 Å². The summed E-state index contributed by atoms with van der Waals surface area (Å²) in [6, 6.07) is 0. The topological polar surface area (TPSA) is 149 Å². The van der Waals surface area contributed by atoms with Gasteiger partial charge in [-0.1, -0.05) is 199 Å². The van der Waals surface area contributed by atoms with E-state index in [1.807, 2.05) is 0 Å². The number of hydrogen-bond donors (Lipinski definition) is 3. The number of carbonyl (C=O) groups excluding carboxylic acids is 2. The van der Waals surface area contributed by atoms with Crippen LogP contribution in [0.4, 0.5) is 0 Å². The lowest BCUT2D eigenvalue weighted by atomic mass is 10.0. The average Bonchev–Trinajstić information content (AvgIpc) is 3.21. The maximum absolute atomic E-state index is 12.6. The van der Waals surface area contributed by atoms with Gasteiger partial charge in [-0.2, -0.15) is 0 Å². The average molecular weight is 847 g/mol. The first-order valence-electron chi connectivity index (χ1n) is 24.1. The molecule has 0 aromatic heterocycles. The summed E-state index contributed by atoms with van der Waals surface area (Å²) in [5.41, 5.74) is 0. The first-order chi connectivity index (χ1) is 28.2. The predicted octanol–water partition coefficient (Wildman–Crippen LogP) is 13.2. The summed E-state index contributed by atoms with van der Waals surface area (Å²) in [5, 5.41) is 18.4. The Labute approximate surface area is 356 Å². The summed E-state index contributed by atoms with van der Waals surface area (Å²) < 4.78 is 32.8. The molecular formula is C47H91O10P. The van der Waals surface area contributed by atoms with Crippen molar-refractivity contribution in [2.45, 2.75) is 251 Å². The minimum Gasteiger partial charge on any atom is -0.462 e. The van der Waals surface area contributed by atoms with Crippen molar-refractivity contribution in [2.75, 3.05) is 26.4 Å². The normalized spacial score (nSPS) is 13.8. The molecule has 58 heavy (non-hydrogen) atoms. The zero-order valence-electron chi connectivity index (χ0n) is 37.5. The maximum atomic E-state index is 12.6. The van der Waals surface area contributed by atoms with Crippen LogP contribution in [0.15, 0.2) is 12.2 Å². The monoisotopic (exact) mass is 847 g/mol. The van der Waals surface area contributed by atoms with Crippen molar-refractivity contribution >= 4 is 19.8 Å². The van der Waals surface area contributed by atoms with Crippen molar-refractivity contribution in [1.29, 1.82) is 0 Å². The molecule has 10 nitrogen and oxygen atoms in total. The van der Waals surface area contributed by atoms with E-state index >= 15 is 0 Å². The van der Waals surface area contributed by atoms with E-state index in [9.17, 15) is 24.2 Å². The smallest absolute Gasteiger partial charge is 0.462 e. The van der Waals surface area contributed by atoms with E-state index in [2.05, 4.69) is 26.0 Å². The Bertz CT molecular complexity index is 977. The Hall–Kier alpha value is -1.29. The number of phosphoric ester groups is 1. The molecule has 0 radical (unpaired) electrons. The second-order valence-electron chi connectivity index (χ2n) is 16.5. The van der Waals surface area contributed by atoms with Gasteiger partial charge in [-0.15, -0.1) is 0 Å². The largest absolute Gasteiger partial charge is 0.472 e. The van der Waals surface area contributed by atoms with Crippen LogP contribution in [0, 0.1) is 0 Å². The third kappa shape index (κ3) is 42.8. The van der Waals surface area contributed by atoms with Crippen molar-refractivity contribution < 1.29 is 47.8 Å². The van der Waals surface area contributed by atoms with E-state index in [0.29, 0.717) is 12.8 Å². The number of hydrogen-bond acceptors (Lipinski definition) is 9. The van der Waals surface area contributed by atoms with Crippen LogP contribution in [-0.4, -0.2) is 65.7 Å². The second-order valence-corrected chi connectivity index (χ2v) is 17.9. The van der Waals surface area contributed by atoms with Crippen molar-refractivity contribution in [3.8, 4) is 0 Å². The molecule has 11 heteroatoms. The standard InChI is InChI=1S/C47H91O10P/c1-3-5-7-9-11-13-15-17-18-19-20-21-22-23-24-25-27-29-31-33-35-37-39-47(51)57-45(43-56-58(52,53)55-41-44(49)40-48)42-54-46(50)38-36-34-32-30-28-26-16-14-12-10-8-6-4-2/h26,28,44-45,48-49H,3-25,27,29-43H2,1-2H3,(H,52,53)/b28-26+/t44-,45+/m0/s1. The van der Waals surface area contributed by atoms with Crippen LogP contribution in [0.3, 0.4) is 0 Å². The lowest BCUT2D eigenvalue weighted by Gasteiger charge is -2.20. The first kappa shape index (κ1) is 56.7. The molecular weight excluding hydrogens is 755 g/mol. The van der Waals surface area contributed by atoms with Gasteiger partial charge in [-0.05, 0) is 38.5 Å². The van der Waals surface area contributed by atoms with Gasteiger partial charge in [-0.25, -0.2) is 4.57 Å². The number of aliphatic hydroxyl groups excluding tert-OH is 2. The summed E-state index contributed by atoms with van der Waals surface area (Å²) in [4.78, 5) is 35.0. The van der Waals surface area contributed by atoms with Crippen LogP contribution in [0.25, 0.3) is 0 Å². The van der Waals surface area contributed by atoms with Gasteiger partial charge in [0, 0.05) is 12.8 Å². The molecule has 0 aliphatic heterocycles. The predicted molar refractivity (Wildman–Crippen MR) is 238 cm³/mol. The van der Waals surface area contributed by atoms with Crippen molar-refractivity contribution in [3.63, 3.8) is 0 Å². The Balaban J connectivity index is 4.15. The van der Waals surface area contributed by atoms with Crippen molar-refractivity contribution in [1.82, 2.24) is 0 Å². The molecule has 0 aromatic carbocycles. The van der Waals surface area contributed by atoms with Gasteiger partial charge in [0.05, 0.1) is 19.8 Å². The minimum absolute atomic E-state index is 0.187. The number of unbranched alkanes of at least 4 members (excludes halogenated alkanes) is 30. The van der Waals surface area contributed by atoms with Crippen molar-refractivity contribution in [3.05, 3.63) is 12.2 Å². The van der Waals surface area contributed by atoms with Crippen LogP contribution < -0.4 is 0 Å². The Morgan fingerprint density at radius 2 is 0.845 bits per heavy atom. The highest BCUT2D eigenvalue weighted by Crippen LogP contribution is 2.43. The highest BCUT2D eigenvalue weighted by atomic mass is 31.2. The van der Waals surface area contributed by atoms with E-state index in [1.54, 1.807) is 0 Å². The van der Waals surface area contributed by atoms with Gasteiger partial charge < -0.3 is 24.6 Å². The number of rotatable bonds is 46. The quantitative estimate of drug-likeness (QED) is 0.0234. The minimum atomic E-state index is -4.62. The van der Waals surface area contributed by atoms with Gasteiger partial charge in [0.1, 0.15) is 12.7 Å². The number of esters is 2. The van der Waals surface area contributed by atoms with Crippen LogP contribution in [0.2, 0.25) is 0 Å². The summed E-state index contributed by atoms with van der Waals surface area (Å²) >= 11 is 0. The summed E-state index contributed by atoms with van der Waals surface area (Å²) in [5.74, 6) is -0.930. The summed E-state index contributed by atoms with van der Waals surface area (Å²) in [6.45, 7) is 2.40. The molecule has 0 aliphatic rings. The molecule has 0 saturated heterocycles. The molecule has 3 N–H and O–H groups in total. The number of phosphoric acid groups is 1. The highest BCUT2D eigenvalue weighted by Gasteiger charge is 2.27. The van der Waals surface area contributed by atoms with Gasteiger partial charge in [0.2, 0.25) is 0 Å². The van der Waals surface area contributed by atoms with Crippen LogP contribution in [-0.2, 0) is 32.7 Å². The molecule has 3 atom stereocenters. The Kier molecular flexibility index (Phi) is 42.8. The number of aliphatic hydroxyl groups is 2. The lowest BCUT2D eigenvalue weighted by molar-refractivity contribution is -0.161. The molecule has 344 valence electrons. The zero-order valence-corrected chi connectivity index (χ0v) is 38.4. The molecule has 0 saturated carbocycles. The van der Waals surface area contributed by atoms with Gasteiger partial charge >= 0.3 is 19.8 Å². The molecule has 0 aliphatic carbocycles. The van der Waals surface area contributed by atoms with Crippen molar-refractivity contribution in [2.24, 2.45) is 0 Å². The van der Waals surface area contributed by atoms with Crippen LogP contribution in [0.5, 0.6) is 0 Å².